The quantitative estimate of drug-likeness (QED) is 0.751. The first-order chi connectivity index (χ1) is 8.49. The average Bonchev–Trinajstić information content (AvgIpc) is 2.34. The monoisotopic (exact) mass is 252 g/mol. The second-order valence-corrected chi connectivity index (χ2v) is 3.93. The van der Waals surface area contributed by atoms with E-state index in [-0.39, 0.29) is 6.42 Å². The first kappa shape index (κ1) is 14.0. The van der Waals surface area contributed by atoms with Crippen LogP contribution in [0.3, 0.4) is 0 Å². The number of methoxy groups -OCH3 is 1. The molecule has 1 aromatic rings. The molecule has 1 aromatic carbocycles. The average molecular weight is 252 g/mol. The van der Waals surface area contributed by atoms with Crippen molar-refractivity contribution in [3.63, 3.8) is 0 Å². The van der Waals surface area contributed by atoms with Crippen LogP contribution < -0.4 is 4.74 Å². The number of aryl methyl sites for hydroxylation is 1. The normalized spacial score (nSPS) is 10.4. The maximum atomic E-state index is 10.8. The van der Waals surface area contributed by atoms with Crippen molar-refractivity contribution in [2.24, 2.45) is 5.92 Å². The van der Waals surface area contributed by atoms with Crippen molar-refractivity contribution in [1.82, 2.24) is 0 Å². The Labute approximate surface area is 105 Å². The van der Waals surface area contributed by atoms with Crippen LogP contribution >= 0.6 is 0 Å². The fraction of sp³-hybridized carbons (Fsp3) is 0.385. The van der Waals surface area contributed by atoms with E-state index in [2.05, 4.69) is 0 Å². The van der Waals surface area contributed by atoms with Crippen LogP contribution in [-0.4, -0.2) is 29.3 Å². The van der Waals surface area contributed by atoms with Crippen molar-refractivity contribution in [3.05, 3.63) is 29.3 Å². The maximum absolute atomic E-state index is 10.8. The molecule has 5 nitrogen and oxygen atoms in total. The third kappa shape index (κ3) is 3.23. The number of benzene rings is 1. The molecule has 0 saturated heterocycles. The first-order valence-corrected chi connectivity index (χ1v) is 5.61. The van der Waals surface area contributed by atoms with E-state index >= 15 is 0 Å². The van der Waals surface area contributed by atoms with Gasteiger partial charge in [0, 0.05) is 0 Å². The van der Waals surface area contributed by atoms with Gasteiger partial charge < -0.3 is 14.9 Å². The van der Waals surface area contributed by atoms with Crippen molar-refractivity contribution in [3.8, 4) is 5.75 Å². The highest BCUT2D eigenvalue weighted by Gasteiger charge is 2.26. The molecule has 0 heterocycles. The molecule has 0 atom stereocenters. The Kier molecular flexibility index (Phi) is 4.71. The summed E-state index contributed by atoms with van der Waals surface area (Å²) in [6.45, 7) is 1.95. The molecule has 0 spiro atoms. The summed E-state index contributed by atoms with van der Waals surface area (Å²) < 4.78 is 5.16. The van der Waals surface area contributed by atoms with Crippen LogP contribution in [0.25, 0.3) is 0 Å². The fourth-order valence-corrected chi connectivity index (χ4v) is 1.75. The van der Waals surface area contributed by atoms with Gasteiger partial charge in [0.2, 0.25) is 0 Å². The smallest absolute Gasteiger partial charge is 0.318 e. The summed E-state index contributed by atoms with van der Waals surface area (Å²) in [5.74, 6) is -3.33. The molecule has 0 aliphatic carbocycles. The van der Waals surface area contributed by atoms with Gasteiger partial charge >= 0.3 is 11.9 Å². The standard InChI is InChI=1S/C13H16O5/c1-3-9-6-8(4-5-11(9)18-2)7-10(12(14)15)13(16)17/h4-6,10H,3,7H2,1-2H3,(H,14,15)(H,16,17). The fourth-order valence-electron chi connectivity index (χ4n) is 1.75. The minimum Gasteiger partial charge on any atom is -0.496 e. The number of hydrogen-bond donors (Lipinski definition) is 2. The molecule has 18 heavy (non-hydrogen) atoms. The molecule has 0 fully saturated rings. The van der Waals surface area contributed by atoms with Gasteiger partial charge in [-0.2, -0.15) is 0 Å². The Morgan fingerprint density at radius 2 is 1.89 bits per heavy atom. The minimum absolute atomic E-state index is 0.0261. The zero-order chi connectivity index (χ0) is 13.7. The predicted molar refractivity (Wildman–Crippen MR) is 64.8 cm³/mol. The molecular formula is C13H16O5. The Hall–Kier alpha value is -2.04. The molecule has 0 unspecified atom stereocenters. The van der Waals surface area contributed by atoms with Crippen LogP contribution in [0.15, 0.2) is 18.2 Å². The third-order valence-corrected chi connectivity index (χ3v) is 2.76. The van der Waals surface area contributed by atoms with E-state index < -0.39 is 17.9 Å². The first-order valence-electron chi connectivity index (χ1n) is 5.61. The minimum atomic E-state index is -1.41. The van der Waals surface area contributed by atoms with Gasteiger partial charge in [-0.1, -0.05) is 19.1 Å². The summed E-state index contributed by atoms with van der Waals surface area (Å²) in [5, 5.41) is 17.7. The second-order valence-electron chi connectivity index (χ2n) is 3.93. The summed E-state index contributed by atoms with van der Waals surface area (Å²) in [5.41, 5.74) is 1.62. The van der Waals surface area contributed by atoms with E-state index in [1.54, 1.807) is 25.3 Å². The zero-order valence-electron chi connectivity index (χ0n) is 10.3. The molecule has 0 amide bonds. The number of ether oxygens (including phenoxy) is 1. The van der Waals surface area contributed by atoms with Gasteiger partial charge in [-0.15, -0.1) is 0 Å². The lowest BCUT2D eigenvalue weighted by Gasteiger charge is -2.11. The molecule has 0 aromatic heterocycles. The molecular weight excluding hydrogens is 236 g/mol. The lowest BCUT2D eigenvalue weighted by Crippen LogP contribution is -2.25. The summed E-state index contributed by atoms with van der Waals surface area (Å²) in [6, 6.07) is 5.21. The highest BCUT2D eigenvalue weighted by molar-refractivity contribution is 5.93. The predicted octanol–water partition coefficient (Wildman–Crippen LogP) is 1.59. The van der Waals surface area contributed by atoms with Gasteiger partial charge in [-0.3, -0.25) is 9.59 Å². The molecule has 2 N–H and O–H groups in total. The van der Waals surface area contributed by atoms with E-state index in [1.807, 2.05) is 6.92 Å². The van der Waals surface area contributed by atoms with E-state index in [9.17, 15) is 9.59 Å². The van der Waals surface area contributed by atoms with E-state index in [0.29, 0.717) is 5.56 Å². The second kappa shape index (κ2) is 6.05. The van der Waals surface area contributed by atoms with Crippen LogP contribution in [-0.2, 0) is 22.4 Å². The summed E-state index contributed by atoms with van der Waals surface area (Å²) in [4.78, 5) is 21.6. The van der Waals surface area contributed by atoms with Crippen LogP contribution in [0, 0.1) is 5.92 Å². The lowest BCUT2D eigenvalue weighted by molar-refractivity contribution is -0.154. The van der Waals surface area contributed by atoms with Gasteiger partial charge in [-0.05, 0) is 30.0 Å². The number of rotatable bonds is 6. The number of carboxylic acid groups (broad SMARTS) is 2. The topological polar surface area (TPSA) is 83.8 Å². The summed E-state index contributed by atoms with van der Waals surface area (Å²) >= 11 is 0. The Morgan fingerprint density at radius 1 is 1.28 bits per heavy atom. The van der Waals surface area contributed by atoms with Crippen LogP contribution in [0.1, 0.15) is 18.1 Å². The Morgan fingerprint density at radius 3 is 2.33 bits per heavy atom. The largest absolute Gasteiger partial charge is 0.496 e. The van der Waals surface area contributed by atoms with Gasteiger partial charge in [-0.25, -0.2) is 0 Å². The SMILES string of the molecule is CCc1cc(CC(C(=O)O)C(=O)O)ccc1OC. The van der Waals surface area contributed by atoms with Gasteiger partial charge in [0.1, 0.15) is 5.75 Å². The zero-order valence-corrected chi connectivity index (χ0v) is 10.3. The molecule has 0 aliphatic heterocycles. The Balaban J connectivity index is 2.97. The van der Waals surface area contributed by atoms with Gasteiger partial charge in [0.15, 0.2) is 5.92 Å². The molecule has 1 rings (SSSR count). The molecule has 0 aliphatic rings. The lowest BCUT2D eigenvalue weighted by atomic mass is 9.97. The van der Waals surface area contributed by atoms with Crippen LogP contribution in [0.4, 0.5) is 0 Å². The molecule has 5 heteroatoms. The van der Waals surface area contributed by atoms with Crippen molar-refractivity contribution in [1.29, 1.82) is 0 Å². The maximum Gasteiger partial charge on any atom is 0.318 e. The number of carbonyl (C=O) groups is 2. The van der Waals surface area contributed by atoms with Crippen molar-refractivity contribution in [2.75, 3.05) is 7.11 Å². The molecule has 0 radical (unpaired) electrons. The van der Waals surface area contributed by atoms with Crippen molar-refractivity contribution >= 4 is 11.9 Å². The van der Waals surface area contributed by atoms with Crippen molar-refractivity contribution in [2.45, 2.75) is 19.8 Å². The Bertz CT molecular complexity index is 439. The molecule has 0 saturated carbocycles. The summed E-state index contributed by atoms with van der Waals surface area (Å²) in [7, 11) is 1.56. The number of hydrogen-bond acceptors (Lipinski definition) is 3. The van der Waals surface area contributed by atoms with Crippen molar-refractivity contribution < 1.29 is 24.5 Å². The number of aliphatic carboxylic acids is 2. The summed E-state index contributed by atoms with van der Waals surface area (Å²) in [6.07, 6.45) is 0.712. The third-order valence-electron chi connectivity index (χ3n) is 2.76. The van der Waals surface area contributed by atoms with Crippen LogP contribution in [0.5, 0.6) is 5.75 Å². The van der Waals surface area contributed by atoms with Gasteiger partial charge in [0.25, 0.3) is 0 Å². The van der Waals surface area contributed by atoms with Crippen LogP contribution in [0.2, 0.25) is 0 Å². The highest BCUT2D eigenvalue weighted by Crippen LogP contribution is 2.22. The van der Waals surface area contributed by atoms with Gasteiger partial charge in [0.05, 0.1) is 7.11 Å². The highest BCUT2D eigenvalue weighted by atomic mass is 16.5. The van der Waals surface area contributed by atoms with E-state index in [1.165, 1.54) is 0 Å². The van der Waals surface area contributed by atoms with E-state index in [4.69, 9.17) is 14.9 Å². The number of carboxylic acids is 2. The molecule has 98 valence electrons. The molecule has 0 bridgehead atoms. The van der Waals surface area contributed by atoms with E-state index in [0.717, 1.165) is 17.7 Å².